The van der Waals surface area contributed by atoms with Gasteiger partial charge in [0.15, 0.2) is 5.65 Å². The van der Waals surface area contributed by atoms with Gasteiger partial charge in [0, 0.05) is 24.0 Å². The largest absolute Gasteiger partial charge is 0.287 e. The van der Waals surface area contributed by atoms with Crippen molar-refractivity contribution in [3.63, 3.8) is 0 Å². The highest BCUT2D eigenvalue weighted by Crippen LogP contribution is 2.14. The number of rotatable bonds is 1. The van der Waals surface area contributed by atoms with E-state index in [9.17, 15) is 4.79 Å². The molecule has 18 heavy (non-hydrogen) atoms. The third-order valence-corrected chi connectivity index (χ3v) is 2.52. The summed E-state index contributed by atoms with van der Waals surface area (Å²) in [6, 6.07) is 8.93. The summed E-state index contributed by atoms with van der Waals surface area (Å²) in [6.45, 7) is 1.80. The molecule has 6 heteroatoms. The van der Waals surface area contributed by atoms with Crippen molar-refractivity contribution in [2.24, 2.45) is 0 Å². The second-order valence-electron chi connectivity index (χ2n) is 3.81. The van der Waals surface area contributed by atoms with E-state index in [1.807, 2.05) is 24.3 Å². The first-order chi connectivity index (χ1) is 8.24. The minimum Gasteiger partial charge on any atom is -0.287 e. The molecule has 3 aromatic rings. The number of aryl methyl sites for hydroxylation is 1. The first-order valence-electron chi connectivity index (χ1n) is 5.25. The average Bonchev–Trinajstić information content (AvgIpc) is 2.74. The summed E-state index contributed by atoms with van der Waals surface area (Å²) >= 11 is 0. The fraction of sp³-hybridized carbons (Fsp3) is 0.0833. The summed E-state index contributed by atoms with van der Waals surface area (Å²) in [4.78, 5) is 20.2. The number of nitrogens with zero attached hydrogens (tertiary/aromatic N) is 3. The molecule has 3 rings (SSSR count). The van der Waals surface area contributed by atoms with Crippen molar-refractivity contribution in [3.8, 4) is 11.4 Å². The van der Waals surface area contributed by atoms with Gasteiger partial charge < -0.3 is 0 Å². The third-order valence-electron chi connectivity index (χ3n) is 2.52. The van der Waals surface area contributed by atoms with Gasteiger partial charge in [-0.1, -0.05) is 6.07 Å². The molecule has 5 nitrogen and oxygen atoms in total. The lowest BCUT2D eigenvalue weighted by Gasteiger charge is -1.94. The monoisotopic (exact) mass is 262 g/mol. The second-order valence-corrected chi connectivity index (χ2v) is 3.81. The van der Waals surface area contributed by atoms with E-state index in [1.54, 1.807) is 13.1 Å². The van der Waals surface area contributed by atoms with E-state index in [0.29, 0.717) is 11.3 Å². The Morgan fingerprint density at radius 2 is 2.11 bits per heavy atom. The van der Waals surface area contributed by atoms with Gasteiger partial charge in [0.1, 0.15) is 0 Å². The van der Waals surface area contributed by atoms with Crippen molar-refractivity contribution >= 4 is 18.1 Å². The molecule has 0 radical (unpaired) electrons. The van der Waals surface area contributed by atoms with E-state index in [-0.39, 0.29) is 18.0 Å². The number of nitrogens with one attached hydrogen (secondary N) is 1. The van der Waals surface area contributed by atoms with E-state index in [4.69, 9.17) is 0 Å². The van der Waals surface area contributed by atoms with Gasteiger partial charge in [-0.25, -0.2) is 9.50 Å². The van der Waals surface area contributed by atoms with Crippen molar-refractivity contribution in [2.45, 2.75) is 6.92 Å². The Kier molecular flexibility index (Phi) is 3.16. The summed E-state index contributed by atoms with van der Waals surface area (Å²) in [6.07, 6.45) is 1.71. The standard InChI is InChI=1S/C12H10N4O.ClH/c1-8-6-12(17)16-11(14-8)7-10(15-16)9-4-2-3-5-13-9;/h2-7,15H,1H3;1H. The molecule has 0 aliphatic heterocycles. The Labute approximate surface area is 109 Å². The lowest BCUT2D eigenvalue weighted by Crippen LogP contribution is -2.14. The number of H-pyrrole nitrogens is 1. The minimum atomic E-state index is -0.116. The molecule has 92 valence electrons. The maximum absolute atomic E-state index is 11.7. The number of aromatic amines is 1. The molecular formula is C12H11ClN4O. The van der Waals surface area contributed by atoms with Gasteiger partial charge in [0.25, 0.3) is 5.56 Å². The molecule has 0 spiro atoms. The molecule has 0 fully saturated rings. The summed E-state index contributed by atoms with van der Waals surface area (Å²) in [5.74, 6) is 0. The van der Waals surface area contributed by atoms with Crippen LogP contribution in [-0.2, 0) is 0 Å². The van der Waals surface area contributed by atoms with E-state index < -0.39 is 0 Å². The summed E-state index contributed by atoms with van der Waals surface area (Å²) in [5.41, 5.74) is 2.77. The number of hydrogen-bond acceptors (Lipinski definition) is 3. The predicted octanol–water partition coefficient (Wildman–Crippen LogP) is 1.81. The molecule has 0 unspecified atom stereocenters. The zero-order valence-electron chi connectivity index (χ0n) is 9.62. The van der Waals surface area contributed by atoms with Gasteiger partial charge in [-0.15, -0.1) is 12.4 Å². The molecule has 3 heterocycles. The third kappa shape index (κ3) is 2.00. The Balaban J connectivity index is 0.00000120. The molecule has 0 aromatic carbocycles. The van der Waals surface area contributed by atoms with Crippen LogP contribution in [0.5, 0.6) is 0 Å². The summed E-state index contributed by atoms with van der Waals surface area (Å²) in [7, 11) is 0. The zero-order chi connectivity index (χ0) is 11.8. The van der Waals surface area contributed by atoms with Crippen LogP contribution in [0.4, 0.5) is 0 Å². The minimum absolute atomic E-state index is 0. The molecule has 0 amide bonds. The summed E-state index contributed by atoms with van der Waals surface area (Å²) < 4.78 is 1.41. The number of fused-ring (bicyclic) bond motifs is 1. The Morgan fingerprint density at radius 3 is 2.83 bits per heavy atom. The number of aromatic nitrogens is 4. The van der Waals surface area contributed by atoms with Crippen LogP contribution in [0.15, 0.2) is 41.3 Å². The van der Waals surface area contributed by atoms with E-state index >= 15 is 0 Å². The van der Waals surface area contributed by atoms with Crippen LogP contribution in [-0.4, -0.2) is 19.6 Å². The SMILES string of the molecule is Cc1cc(=O)n2[nH]c(-c3ccccn3)cc2n1.Cl. The molecule has 0 saturated heterocycles. The first kappa shape index (κ1) is 12.3. The van der Waals surface area contributed by atoms with Crippen LogP contribution in [0.1, 0.15) is 5.69 Å². The van der Waals surface area contributed by atoms with Crippen molar-refractivity contribution in [2.75, 3.05) is 0 Å². The van der Waals surface area contributed by atoms with Gasteiger partial charge in [0.2, 0.25) is 0 Å². The number of hydrogen-bond donors (Lipinski definition) is 1. The Hall–Kier alpha value is -2.14. The average molecular weight is 263 g/mol. The highest BCUT2D eigenvalue weighted by Gasteiger charge is 2.06. The molecular weight excluding hydrogens is 252 g/mol. The van der Waals surface area contributed by atoms with Crippen LogP contribution in [0, 0.1) is 6.92 Å². The van der Waals surface area contributed by atoms with E-state index in [0.717, 1.165) is 11.4 Å². The highest BCUT2D eigenvalue weighted by atomic mass is 35.5. The summed E-state index contributed by atoms with van der Waals surface area (Å²) in [5, 5.41) is 2.99. The Morgan fingerprint density at radius 1 is 1.28 bits per heavy atom. The fourth-order valence-corrected chi connectivity index (χ4v) is 1.76. The van der Waals surface area contributed by atoms with E-state index in [2.05, 4.69) is 15.1 Å². The van der Waals surface area contributed by atoms with Gasteiger partial charge in [-0.2, -0.15) is 0 Å². The first-order valence-corrected chi connectivity index (χ1v) is 5.25. The molecule has 0 aliphatic carbocycles. The molecule has 1 N–H and O–H groups in total. The van der Waals surface area contributed by atoms with Gasteiger partial charge >= 0.3 is 0 Å². The van der Waals surface area contributed by atoms with E-state index in [1.165, 1.54) is 10.6 Å². The number of halogens is 1. The van der Waals surface area contributed by atoms with Crippen LogP contribution >= 0.6 is 12.4 Å². The predicted molar refractivity (Wildman–Crippen MR) is 71.0 cm³/mol. The quantitative estimate of drug-likeness (QED) is 0.728. The van der Waals surface area contributed by atoms with Crippen molar-refractivity contribution < 1.29 is 0 Å². The topological polar surface area (TPSA) is 63.0 Å². The second kappa shape index (κ2) is 4.62. The molecule has 0 bridgehead atoms. The Bertz CT molecular complexity index is 733. The lowest BCUT2D eigenvalue weighted by molar-refractivity contribution is 0.891. The van der Waals surface area contributed by atoms with Crippen LogP contribution in [0.25, 0.3) is 17.0 Å². The van der Waals surface area contributed by atoms with Crippen molar-refractivity contribution in [3.05, 3.63) is 52.6 Å². The van der Waals surface area contributed by atoms with Crippen molar-refractivity contribution in [1.82, 2.24) is 19.6 Å². The molecule has 0 atom stereocenters. The van der Waals surface area contributed by atoms with Crippen LogP contribution < -0.4 is 5.56 Å². The van der Waals surface area contributed by atoms with Crippen LogP contribution in [0.2, 0.25) is 0 Å². The smallest absolute Gasteiger partial charge is 0.272 e. The zero-order valence-corrected chi connectivity index (χ0v) is 10.4. The highest BCUT2D eigenvalue weighted by molar-refractivity contribution is 5.85. The maximum atomic E-state index is 11.7. The van der Waals surface area contributed by atoms with Gasteiger partial charge in [-0.3, -0.25) is 14.9 Å². The molecule has 0 saturated carbocycles. The van der Waals surface area contributed by atoms with Crippen molar-refractivity contribution in [1.29, 1.82) is 0 Å². The fourth-order valence-electron chi connectivity index (χ4n) is 1.76. The maximum Gasteiger partial charge on any atom is 0.272 e. The number of pyridine rings is 1. The van der Waals surface area contributed by atoms with Crippen LogP contribution in [0.3, 0.4) is 0 Å². The molecule has 0 aliphatic rings. The normalized spacial score (nSPS) is 10.3. The lowest BCUT2D eigenvalue weighted by atomic mass is 10.3. The van der Waals surface area contributed by atoms with Gasteiger partial charge in [0.05, 0.1) is 11.4 Å². The molecule has 3 aromatic heterocycles. The van der Waals surface area contributed by atoms with Gasteiger partial charge in [-0.05, 0) is 19.1 Å².